The van der Waals surface area contributed by atoms with Gasteiger partial charge in [-0.1, -0.05) is 19.1 Å². The Morgan fingerprint density at radius 1 is 1.36 bits per heavy atom. The molecule has 8 heteroatoms. The fourth-order valence-corrected chi connectivity index (χ4v) is 2.65. The molecule has 2 heterocycles. The van der Waals surface area contributed by atoms with Crippen molar-refractivity contribution in [3.05, 3.63) is 46.3 Å². The minimum atomic E-state index is -0.534. The molecule has 2 aromatic rings. The van der Waals surface area contributed by atoms with E-state index in [-0.39, 0.29) is 23.5 Å². The van der Waals surface area contributed by atoms with Gasteiger partial charge >= 0.3 is 11.6 Å². The third kappa shape index (κ3) is 4.21. The van der Waals surface area contributed by atoms with Crippen LogP contribution in [0.3, 0.4) is 0 Å². The van der Waals surface area contributed by atoms with Crippen LogP contribution in [0.1, 0.15) is 25.3 Å². The summed E-state index contributed by atoms with van der Waals surface area (Å²) >= 11 is 0. The van der Waals surface area contributed by atoms with Gasteiger partial charge in [-0.2, -0.15) is 4.98 Å². The molecular weight excluding hydrogens is 324 g/mol. The van der Waals surface area contributed by atoms with Crippen molar-refractivity contribution in [3.8, 4) is 11.6 Å². The molecule has 1 aromatic heterocycles. The standard InChI is InChI=1S/C17H20N4O4/c1-2-12-5-7-13(8-6-12)25-17-15(21(22)23)16(19-11-20-17)18-10-14-4-3-9-24-14/h5-8,11,14H,2-4,9-10H2,1H3,(H,18,19,20). The van der Waals surface area contributed by atoms with Gasteiger partial charge in [0.2, 0.25) is 5.82 Å². The highest BCUT2D eigenvalue weighted by Crippen LogP contribution is 2.34. The lowest BCUT2D eigenvalue weighted by atomic mass is 10.2. The number of aryl methyl sites for hydroxylation is 1. The molecule has 132 valence electrons. The first-order chi connectivity index (χ1) is 12.2. The second-order valence-electron chi connectivity index (χ2n) is 5.75. The molecule has 1 aliphatic heterocycles. The second kappa shape index (κ2) is 7.89. The maximum Gasteiger partial charge on any atom is 0.373 e. The number of hydrogen-bond donors (Lipinski definition) is 1. The molecular formula is C17H20N4O4. The molecule has 0 radical (unpaired) electrons. The molecule has 25 heavy (non-hydrogen) atoms. The number of nitro groups is 1. The van der Waals surface area contributed by atoms with Crippen molar-refractivity contribution in [2.75, 3.05) is 18.5 Å². The molecule has 1 atom stereocenters. The average Bonchev–Trinajstić information content (AvgIpc) is 3.14. The Morgan fingerprint density at radius 2 is 2.16 bits per heavy atom. The van der Waals surface area contributed by atoms with Gasteiger partial charge in [0.1, 0.15) is 12.1 Å². The zero-order valence-electron chi connectivity index (χ0n) is 14.0. The van der Waals surface area contributed by atoms with Gasteiger partial charge in [0.25, 0.3) is 0 Å². The Kier molecular flexibility index (Phi) is 5.39. The highest BCUT2D eigenvalue weighted by atomic mass is 16.6. The Hall–Kier alpha value is -2.74. The number of nitrogens with one attached hydrogen (secondary N) is 1. The first-order valence-electron chi connectivity index (χ1n) is 8.29. The van der Waals surface area contributed by atoms with Gasteiger partial charge in [0.15, 0.2) is 0 Å². The summed E-state index contributed by atoms with van der Waals surface area (Å²) in [4.78, 5) is 18.9. The Balaban J connectivity index is 1.79. The van der Waals surface area contributed by atoms with Crippen molar-refractivity contribution in [1.29, 1.82) is 0 Å². The second-order valence-corrected chi connectivity index (χ2v) is 5.75. The van der Waals surface area contributed by atoms with Gasteiger partial charge < -0.3 is 14.8 Å². The molecule has 0 aliphatic carbocycles. The van der Waals surface area contributed by atoms with E-state index >= 15 is 0 Å². The number of aromatic nitrogens is 2. The Morgan fingerprint density at radius 3 is 2.80 bits per heavy atom. The molecule has 1 saturated heterocycles. The van der Waals surface area contributed by atoms with Crippen LogP contribution in [0.4, 0.5) is 11.5 Å². The minimum Gasteiger partial charge on any atom is -0.434 e. The van der Waals surface area contributed by atoms with Crippen molar-refractivity contribution < 1.29 is 14.4 Å². The van der Waals surface area contributed by atoms with Crippen molar-refractivity contribution >= 4 is 11.5 Å². The average molecular weight is 344 g/mol. The molecule has 3 rings (SSSR count). The molecule has 0 amide bonds. The van der Waals surface area contributed by atoms with Crippen LogP contribution < -0.4 is 10.1 Å². The van der Waals surface area contributed by atoms with E-state index in [9.17, 15) is 10.1 Å². The highest BCUT2D eigenvalue weighted by molar-refractivity contribution is 5.61. The van der Waals surface area contributed by atoms with E-state index < -0.39 is 4.92 Å². The smallest absolute Gasteiger partial charge is 0.373 e. The maximum atomic E-state index is 11.5. The highest BCUT2D eigenvalue weighted by Gasteiger charge is 2.26. The van der Waals surface area contributed by atoms with Crippen LogP contribution in [0, 0.1) is 10.1 Å². The monoisotopic (exact) mass is 344 g/mol. The van der Waals surface area contributed by atoms with Gasteiger partial charge in [-0.15, -0.1) is 0 Å². The van der Waals surface area contributed by atoms with E-state index in [0.717, 1.165) is 31.4 Å². The van der Waals surface area contributed by atoms with E-state index in [2.05, 4.69) is 22.2 Å². The van der Waals surface area contributed by atoms with E-state index in [0.29, 0.717) is 12.3 Å². The van der Waals surface area contributed by atoms with Gasteiger partial charge in [0, 0.05) is 13.2 Å². The molecule has 1 aliphatic rings. The van der Waals surface area contributed by atoms with Gasteiger partial charge in [-0.3, -0.25) is 10.1 Å². The summed E-state index contributed by atoms with van der Waals surface area (Å²) in [5, 5.41) is 14.5. The molecule has 0 spiro atoms. The van der Waals surface area contributed by atoms with E-state index in [4.69, 9.17) is 9.47 Å². The van der Waals surface area contributed by atoms with Crippen molar-refractivity contribution in [2.45, 2.75) is 32.3 Å². The Labute approximate surface area is 145 Å². The largest absolute Gasteiger partial charge is 0.434 e. The lowest BCUT2D eigenvalue weighted by Gasteiger charge is -2.12. The van der Waals surface area contributed by atoms with Gasteiger partial charge in [-0.05, 0) is 37.0 Å². The van der Waals surface area contributed by atoms with E-state index in [1.54, 1.807) is 12.1 Å². The molecule has 8 nitrogen and oxygen atoms in total. The van der Waals surface area contributed by atoms with E-state index in [1.165, 1.54) is 6.33 Å². The number of nitrogens with zero attached hydrogens (tertiary/aromatic N) is 3. The van der Waals surface area contributed by atoms with Crippen molar-refractivity contribution in [2.24, 2.45) is 0 Å². The molecule has 1 fully saturated rings. The maximum absolute atomic E-state index is 11.5. The summed E-state index contributed by atoms with van der Waals surface area (Å²) in [5.41, 5.74) is 0.878. The van der Waals surface area contributed by atoms with Crippen LogP contribution >= 0.6 is 0 Å². The molecule has 0 bridgehead atoms. The van der Waals surface area contributed by atoms with Crippen LogP contribution in [-0.4, -0.2) is 34.1 Å². The fraction of sp³-hybridized carbons (Fsp3) is 0.412. The fourth-order valence-electron chi connectivity index (χ4n) is 2.65. The molecule has 1 N–H and O–H groups in total. The first kappa shape index (κ1) is 17.1. The van der Waals surface area contributed by atoms with Crippen LogP contribution in [0.5, 0.6) is 11.6 Å². The number of hydrogen-bond acceptors (Lipinski definition) is 7. The summed E-state index contributed by atoms with van der Waals surface area (Å²) in [6.45, 7) is 3.24. The topological polar surface area (TPSA) is 99.4 Å². The zero-order valence-corrected chi connectivity index (χ0v) is 14.0. The first-order valence-corrected chi connectivity index (χ1v) is 8.29. The summed E-state index contributed by atoms with van der Waals surface area (Å²) in [6.07, 6.45) is 4.13. The normalized spacial score (nSPS) is 16.6. The lowest BCUT2D eigenvalue weighted by Crippen LogP contribution is -2.19. The lowest BCUT2D eigenvalue weighted by molar-refractivity contribution is -0.385. The number of ether oxygens (including phenoxy) is 2. The quantitative estimate of drug-likeness (QED) is 0.607. The van der Waals surface area contributed by atoms with Crippen LogP contribution in [0.2, 0.25) is 0 Å². The third-order valence-corrected chi connectivity index (χ3v) is 4.04. The zero-order chi connectivity index (χ0) is 17.6. The predicted molar refractivity (Wildman–Crippen MR) is 92.0 cm³/mol. The van der Waals surface area contributed by atoms with Gasteiger partial charge in [-0.25, -0.2) is 4.98 Å². The van der Waals surface area contributed by atoms with Crippen molar-refractivity contribution in [3.63, 3.8) is 0 Å². The summed E-state index contributed by atoms with van der Waals surface area (Å²) in [5.74, 6) is 0.541. The Bertz CT molecular complexity index is 730. The predicted octanol–water partition coefficient (Wildman–Crippen LogP) is 3.33. The van der Waals surface area contributed by atoms with Crippen molar-refractivity contribution in [1.82, 2.24) is 9.97 Å². The minimum absolute atomic E-state index is 0.0422. The summed E-state index contributed by atoms with van der Waals surface area (Å²) in [7, 11) is 0. The summed E-state index contributed by atoms with van der Waals surface area (Å²) < 4.78 is 11.1. The van der Waals surface area contributed by atoms with Gasteiger partial charge in [0.05, 0.1) is 11.0 Å². The third-order valence-electron chi connectivity index (χ3n) is 4.04. The molecule has 0 saturated carbocycles. The van der Waals surface area contributed by atoms with Crippen LogP contribution in [0.15, 0.2) is 30.6 Å². The molecule has 1 unspecified atom stereocenters. The number of rotatable bonds is 7. The molecule has 1 aromatic carbocycles. The van der Waals surface area contributed by atoms with Crippen LogP contribution in [-0.2, 0) is 11.2 Å². The van der Waals surface area contributed by atoms with Crippen LogP contribution in [0.25, 0.3) is 0 Å². The van der Waals surface area contributed by atoms with E-state index in [1.807, 2.05) is 12.1 Å². The number of anilines is 1. The number of benzene rings is 1. The SMILES string of the molecule is CCc1ccc(Oc2ncnc(NCC3CCCO3)c2[N+](=O)[O-])cc1. The summed E-state index contributed by atoms with van der Waals surface area (Å²) in [6, 6.07) is 7.37.